The third-order valence-electron chi connectivity index (χ3n) is 4.56. The molecular formula is C22H19F2N3O4S. The molecule has 0 aliphatic heterocycles. The molecule has 3 rings (SSSR count). The molecule has 3 aromatic rings. The Morgan fingerprint density at radius 1 is 0.812 bits per heavy atom. The normalized spacial score (nSPS) is 11.0. The van der Waals surface area contributed by atoms with Crippen LogP contribution in [0.5, 0.6) is 0 Å². The van der Waals surface area contributed by atoms with E-state index >= 15 is 0 Å². The molecule has 0 aliphatic rings. The Hall–Kier alpha value is -3.79. The maximum Gasteiger partial charge on any atom is 0.261 e. The van der Waals surface area contributed by atoms with Crippen molar-refractivity contribution >= 4 is 33.2 Å². The van der Waals surface area contributed by atoms with Gasteiger partial charge in [-0.15, -0.1) is 0 Å². The number of hydrogen-bond donors (Lipinski definition) is 3. The largest absolute Gasteiger partial charge is 0.355 e. The summed E-state index contributed by atoms with van der Waals surface area (Å²) in [5, 5.41) is 4.84. The summed E-state index contributed by atoms with van der Waals surface area (Å²) in [6.07, 6.45) is 0. The van der Waals surface area contributed by atoms with Crippen molar-refractivity contribution in [3.05, 3.63) is 89.0 Å². The quantitative estimate of drug-likeness (QED) is 0.523. The molecule has 0 unspecified atom stereocenters. The van der Waals surface area contributed by atoms with Crippen LogP contribution in [0.15, 0.2) is 65.6 Å². The van der Waals surface area contributed by atoms with Gasteiger partial charge in [0.25, 0.3) is 21.8 Å². The summed E-state index contributed by atoms with van der Waals surface area (Å²) < 4.78 is 54.6. The van der Waals surface area contributed by atoms with Gasteiger partial charge in [0.15, 0.2) is 0 Å². The molecular weight excluding hydrogens is 440 g/mol. The van der Waals surface area contributed by atoms with E-state index in [0.717, 1.165) is 18.2 Å². The van der Waals surface area contributed by atoms with Crippen LogP contribution in [0, 0.1) is 18.6 Å². The van der Waals surface area contributed by atoms with Crippen LogP contribution in [0.25, 0.3) is 0 Å². The minimum absolute atomic E-state index is 0.0674. The van der Waals surface area contributed by atoms with Gasteiger partial charge in [-0.2, -0.15) is 0 Å². The van der Waals surface area contributed by atoms with Crippen molar-refractivity contribution in [1.82, 2.24) is 5.32 Å². The number of anilines is 2. The molecule has 166 valence electrons. The molecule has 0 atom stereocenters. The van der Waals surface area contributed by atoms with Crippen LogP contribution < -0.4 is 15.4 Å². The highest BCUT2D eigenvalue weighted by Gasteiger charge is 2.19. The van der Waals surface area contributed by atoms with Crippen molar-refractivity contribution in [2.75, 3.05) is 17.1 Å². The molecule has 7 nitrogen and oxygen atoms in total. The lowest BCUT2D eigenvalue weighted by atomic mass is 10.1. The fraction of sp³-hybridized carbons (Fsp3) is 0.0909. The first-order valence-electron chi connectivity index (χ1n) is 9.33. The first-order valence-corrected chi connectivity index (χ1v) is 10.8. The Bertz CT molecular complexity index is 1290. The summed E-state index contributed by atoms with van der Waals surface area (Å²) in [4.78, 5) is 24.4. The molecule has 0 spiro atoms. The minimum Gasteiger partial charge on any atom is -0.355 e. The number of aryl methyl sites for hydroxylation is 1. The van der Waals surface area contributed by atoms with E-state index in [1.165, 1.54) is 49.5 Å². The number of nitrogens with one attached hydrogen (secondary N) is 3. The molecule has 0 aliphatic carbocycles. The van der Waals surface area contributed by atoms with Crippen molar-refractivity contribution in [3.8, 4) is 0 Å². The molecule has 0 aromatic heterocycles. The predicted octanol–water partition coefficient (Wildman–Crippen LogP) is 3.69. The molecule has 2 amide bonds. The Morgan fingerprint density at radius 3 is 2.12 bits per heavy atom. The van der Waals surface area contributed by atoms with E-state index in [4.69, 9.17) is 0 Å². The SMILES string of the molecule is CNC(=O)c1cc(NC(=O)c2cc(S(=O)(=O)Nc3ccc(F)cc3)ccc2C)ccc1F. The summed E-state index contributed by atoms with van der Waals surface area (Å²) in [5.74, 6) is -2.56. The second kappa shape index (κ2) is 9.15. The van der Waals surface area contributed by atoms with E-state index in [2.05, 4.69) is 15.4 Å². The zero-order valence-corrected chi connectivity index (χ0v) is 17.9. The highest BCUT2D eigenvalue weighted by atomic mass is 32.2. The average molecular weight is 459 g/mol. The van der Waals surface area contributed by atoms with E-state index < -0.39 is 33.5 Å². The van der Waals surface area contributed by atoms with Crippen LogP contribution in [-0.4, -0.2) is 27.3 Å². The lowest BCUT2D eigenvalue weighted by Crippen LogP contribution is -2.20. The summed E-state index contributed by atoms with van der Waals surface area (Å²) >= 11 is 0. The van der Waals surface area contributed by atoms with Crippen LogP contribution in [0.2, 0.25) is 0 Å². The summed E-state index contributed by atoms with van der Waals surface area (Å²) in [6, 6.07) is 12.3. The third kappa shape index (κ3) is 5.09. The van der Waals surface area contributed by atoms with Gasteiger partial charge in [-0.05, 0) is 67.1 Å². The van der Waals surface area contributed by atoms with E-state index in [1.54, 1.807) is 6.92 Å². The Balaban J connectivity index is 1.87. The second-order valence-electron chi connectivity index (χ2n) is 6.82. The summed E-state index contributed by atoms with van der Waals surface area (Å²) in [6.45, 7) is 1.62. The van der Waals surface area contributed by atoms with Crippen molar-refractivity contribution in [3.63, 3.8) is 0 Å². The zero-order valence-electron chi connectivity index (χ0n) is 17.1. The molecule has 3 aromatic carbocycles. The number of amides is 2. The van der Waals surface area contributed by atoms with Gasteiger partial charge in [-0.1, -0.05) is 6.07 Å². The number of carbonyl (C=O) groups is 2. The van der Waals surface area contributed by atoms with Gasteiger partial charge < -0.3 is 10.6 Å². The number of benzene rings is 3. The minimum atomic E-state index is -4.05. The highest BCUT2D eigenvalue weighted by Crippen LogP contribution is 2.21. The number of hydrogen-bond acceptors (Lipinski definition) is 4. The van der Waals surface area contributed by atoms with Gasteiger partial charge in [0.05, 0.1) is 10.5 Å². The number of halogens is 2. The molecule has 0 saturated carbocycles. The molecule has 3 N–H and O–H groups in total. The smallest absolute Gasteiger partial charge is 0.261 e. The fourth-order valence-electron chi connectivity index (χ4n) is 2.86. The van der Waals surface area contributed by atoms with Crippen molar-refractivity contribution < 1.29 is 26.8 Å². The first-order chi connectivity index (χ1) is 15.1. The Labute approximate surface area is 183 Å². The number of sulfonamides is 1. The molecule has 0 fully saturated rings. The van der Waals surface area contributed by atoms with Crippen LogP contribution in [0.3, 0.4) is 0 Å². The fourth-order valence-corrected chi connectivity index (χ4v) is 3.94. The van der Waals surface area contributed by atoms with Gasteiger partial charge in [-0.3, -0.25) is 14.3 Å². The van der Waals surface area contributed by atoms with E-state index in [0.29, 0.717) is 5.56 Å². The molecule has 0 saturated heterocycles. The second-order valence-corrected chi connectivity index (χ2v) is 8.50. The summed E-state index contributed by atoms with van der Waals surface area (Å²) in [7, 11) is -2.70. The van der Waals surface area contributed by atoms with Crippen LogP contribution in [0.1, 0.15) is 26.3 Å². The molecule has 0 heterocycles. The van der Waals surface area contributed by atoms with E-state index in [9.17, 15) is 26.8 Å². The third-order valence-corrected chi connectivity index (χ3v) is 5.94. The average Bonchev–Trinajstić information content (AvgIpc) is 2.76. The molecule has 0 radical (unpaired) electrons. The van der Waals surface area contributed by atoms with Gasteiger partial charge >= 0.3 is 0 Å². The first kappa shape index (κ1) is 22.9. The topological polar surface area (TPSA) is 104 Å². The lowest BCUT2D eigenvalue weighted by molar-refractivity contribution is 0.0957. The number of carbonyl (C=O) groups excluding carboxylic acids is 2. The van der Waals surface area contributed by atoms with Gasteiger partial charge in [0, 0.05) is 24.0 Å². The Kier molecular flexibility index (Phi) is 6.54. The van der Waals surface area contributed by atoms with E-state index in [1.807, 2.05) is 0 Å². The van der Waals surface area contributed by atoms with Crippen LogP contribution in [0.4, 0.5) is 20.2 Å². The monoisotopic (exact) mass is 459 g/mol. The summed E-state index contributed by atoms with van der Waals surface area (Å²) in [5.41, 5.74) is 0.634. The van der Waals surface area contributed by atoms with Gasteiger partial charge in [0.1, 0.15) is 11.6 Å². The molecule has 0 bridgehead atoms. The lowest BCUT2D eigenvalue weighted by Gasteiger charge is -2.12. The van der Waals surface area contributed by atoms with Crippen molar-refractivity contribution in [1.29, 1.82) is 0 Å². The zero-order chi connectivity index (χ0) is 23.5. The van der Waals surface area contributed by atoms with E-state index in [-0.39, 0.29) is 27.4 Å². The molecule has 10 heteroatoms. The van der Waals surface area contributed by atoms with Crippen molar-refractivity contribution in [2.45, 2.75) is 11.8 Å². The standard InChI is InChI=1S/C22H19F2N3O4S/c1-13-3-9-17(32(30,31)27-15-6-4-14(23)5-7-15)12-18(13)22(29)26-16-8-10-20(24)19(11-16)21(28)25-2/h3-12,27H,1-2H3,(H,25,28)(H,26,29). The van der Waals surface area contributed by atoms with Gasteiger partial charge in [-0.25, -0.2) is 17.2 Å². The Morgan fingerprint density at radius 2 is 1.47 bits per heavy atom. The number of rotatable bonds is 6. The maximum atomic E-state index is 13.8. The predicted molar refractivity (Wildman–Crippen MR) is 116 cm³/mol. The maximum absolute atomic E-state index is 13.8. The van der Waals surface area contributed by atoms with Gasteiger partial charge in [0.2, 0.25) is 0 Å². The van der Waals surface area contributed by atoms with Crippen LogP contribution in [-0.2, 0) is 10.0 Å². The van der Waals surface area contributed by atoms with Crippen LogP contribution >= 0.6 is 0 Å². The highest BCUT2D eigenvalue weighted by molar-refractivity contribution is 7.92. The molecule has 32 heavy (non-hydrogen) atoms. The van der Waals surface area contributed by atoms with Crippen molar-refractivity contribution in [2.24, 2.45) is 0 Å².